The SMILES string of the molecule is NC(CC(=O)NCC1CCOC1)C1CC1. The molecule has 86 valence electrons. The van der Waals surface area contributed by atoms with Crippen LogP contribution in [0.1, 0.15) is 25.7 Å². The van der Waals surface area contributed by atoms with Crippen molar-refractivity contribution < 1.29 is 9.53 Å². The van der Waals surface area contributed by atoms with E-state index in [0.717, 1.165) is 26.2 Å². The molecule has 2 rings (SSSR count). The predicted octanol–water partition coefficient (Wildman–Crippen LogP) is 0.266. The van der Waals surface area contributed by atoms with Crippen LogP contribution in [0.3, 0.4) is 0 Å². The van der Waals surface area contributed by atoms with Gasteiger partial charge in [-0.25, -0.2) is 0 Å². The summed E-state index contributed by atoms with van der Waals surface area (Å²) in [5.74, 6) is 1.21. The molecule has 2 fully saturated rings. The minimum Gasteiger partial charge on any atom is -0.381 e. The Balaban J connectivity index is 1.59. The number of nitrogens with one attached hydrogen (secondary N) is 1. The zero-order valence-electron chi connectivity index (χ0n) is 9.08. The molecular formula is C11H20N2O2. The molecule has 0 spiro atoms. The van der Waals surface area contributed by atoms with E-state index in [1.165, 1.54) is 12.8 Å². The summed E-state index contributed by atoms with van der Waals surface area (Å²) in [6, 6.07) is 0.0739. The molecule has 2 atom stereocenters. The maximum Gasteiger partial charge on any atom is 0.221 e. The summed E-state index contributed by atoms with van der Waals surface area (Å²) in [5, 5.41) is 2.94. The van der Waals surface area contributed by atoms with Crippen LogP contribution in [0.25, 0.3) is 0 Å². The number of carbonyl (C=O) groups is 1. The van der Waals surface area contributed by atoms with Crippen LogP contribution in [0.15, 0.2) is 0 Å². The first kappa shape index (κ1) is 10.9. The van der Waals surface area contributed by atoms with Gasteiger partial charge in [0.15, 0.2) is 0 Å². The minimum atomic E-state index is 0.0739. The van der Waals surface area contributed by atoms with E-state index in [9.17, 15) is 4.79 Å². The molecule has 1 aliphatic heterocycles. The van der Waals surface area contributed by atoms with E-state index in [0.29, 0.717) is 18.3 Å². The summed E-state index contributed by atoms with van der Waals surface area (Å²) in [6.07, 6.45) is 3.95. The molecule has 2 unspecified atom stereocenters. The number of carbonyl (C=O) groups excluding carboxylic acids is 1. The van der Waals surface area contributed by atoms with E-state index < -0.39 is 0 Å². The molecule has 2 aliphatic rings. The summed E-state index contributed by atoms with van der Waals surface area (Å²) in [6.45, 7) is 2.37. The van der Waals surface area contributed by atoms with Crippen LogP contribution in [-0.4, -0.2) is 31.7 Å². The highest BCUT2D eigenvalue weighted by atomic mass is 16.5. The summed E-state index contributed by atoms with van der Waals surface area (Å²) in [4.78, 5) is 11.5. The fourth-order valence-electron chi connectivity index (χ4n) is 1.98. The maximum absolute atomic E-state index is 11.5. The fraction of sp³-hybridized carbons (Fsp3) is 0.909. The molecule has 1 aliphatic carbocycles. The van der Waals surface area contributed by atoms with Crippen LogP contribution < -0.4 is 11.1 Å². The minimum absolute atomic E-state index is 0.0739. The maximum atomic E-state index is 11.5. The second kappa shape index (κ2) is 4.94. The van der Waals surface area contributed by atoms with Crippen molar-refractivity contribution in [2.24, 2.45) is 17.6 Å². The highest BCUT2D eigenvalue weighted by molar-refractivity contribution is 5.76. The van der Waals surface area contributed by atoms with Crippen molar-refractivity contribution in [1.29, 1.82) is 0 Å². The lowest BCUT2D eigenvalue weighted by atomic mass is 10.1. The molecule has 15 heavy (non-hydrogen) atoms. The monoisotopic (exact) mass is 212 g/mol. The standard InChI is InChI=1S/C11H20N2O2/c12-10(9-1-2-9)5-11(14)13-6-8-3-4-15-7-8/h8-10H,1-7,12H2,(H,13,14). The molecule has 1 saturated carbocycles. The van der Waals surface area contributed by atoms with Gasteiger partial charge in [-0.1, -0.05) is 0 Å². The Morgan fingerprint density at radius 3 is 2.87 bits per heavy atom. The third-order valence-corrected chi connectivity index (χ3v) is 3.26. The van der Waals surface area contributed by atoms with E-state index in [1.54, 1.807) is 0 Å². The van der Waals surface area contributed by atoms with Crippen LogP contribution in [0, 0.1) is 11.8 Å². The van der Waals surface area contributed by atoms with Crippen LogP contribution in [0.2, 0.25) is 0 Å². The van der Waals surface area contributed by atoms with Crippen molar-refractivity contribution >= 4 is 5.91 Å². The van der Waals surface area contributed by atoms with E-state index in [-0.39, 0.29) is 11.9 Å². The lowest BCUT2D eigenvalue weighted by molar-refractivity contribution is -0.121. The Morgan fingerprint density at radius 1 is 1.47 bits per heavy atom. The van der Waals surface area contributed by atoms with E-state index >= 15 is 0 Å². The Morgan fingerprint density at radius 2 is 2.27 bits per heavy atom. The molecule has 0 aromatic heterocycles. The first-order valence-corrected chi connectivity index (χ1v) is 5.85. The van der Waals surface area contributed by atoms with Gasteiger partial charge in [0.2, 0.25) is 5.91 Å². The number of ether oxygens (including phenoxy) is 1. The lowest BCUT2D eigenvalue weighted by Gasteiger charge is -2.12. The number of hydrogen-bond donors (Lipinski definition) is 2. The summed E-state index contributed by atoms with van der Waals surface area (Å²) in [7, 11) is 0. The van der Waals surface area contributed by atoms with Crippen molar-refractivity contribution in [1.82, 2.24) is 5.32 Å². The van der Waals surface area contributed by atoms with Gasteiger partial charge in [-0.05, 0) is 25.2 Å². The average molecular weight is 212 g/mol. The zero-order chi connectivity index (χ0) is 10.7. The number of amides is 1. The highest BCUT2D eigenvalue weighted by Crippen LogP contribution is 2.32. The molecule has 3 N–H and O–H groups in total. The molecule has 1 saturated heterocycles. The lowest BCUT2D eigenvalue weighted by Crippen LogP contribution is -2.35. The van der Waals surface area contributed by atoms with Gasteiger partial charge in [-0.3, -0.25) is 4.79 Å². The first-order chi connectivity index (χ1) is 7.25. The van der Waals surface area contributed by atoms with Crippen molar-refractivity contribution in [3.8, 4) is 0 Å². The third-order valence-electron chi connectivity index (χ3n) is 3.26. The van der Waals surface area contributed by atoms with Gasteiger partial charge in [0.05, 0.1) is 6.61 Å². The van der Waals surface area contributed by atoms with Crippen molar-refractivity contribution in [2.75, 3.05) is 19.8 Å². The number of hydrogen-bond acceptors (Lipinski definition) is 3. The van der Waals surface area contributed by atoms with E-state index in [2.05, 4.69) is 5.32 Å². The second-order valence-corrected chi connectivity index (χ2v) is 4.74. The predicted molar refractivity (Wildman–Crippen MR) is 57.3 cm³/mol. The molecule has 0 aromatic rings. The van der Waals surface area contributed by atoms with Gasteiger partial charge in [-0.15, -0.1) is 0 Å². The Labute approximate surface area is 90.5 Å². The Kier molecular flexibility index (Phi) is 3.59. The molecule has 0 radical (unpaired) electrons. The molecule has 0 aromatic carbocycles. The van der Waals surface area contributed by atoms with Crippen molar-refractivity contribution in [3.63, 3.8) is 0 Å². The first-order valence-electron chi connectivity index (χ1n) is 5.85. The van der Waals surface area contributed by atoms with Crippen LogP contribution in [0.4, 0.5) is 0 Å². The number of rotatable bonds is 5. The quantitative estimate of drug-likeness (QED) is 0.687. The van der Waals surface area contributed by atoms with Gasteiger partial charge in [0.25, 0.3) is 0 Å². The van der Waals surface area contributed by atoms with Gasteiger partial charge in [0.1, 0.15) is 0 Å². The topological polar surface area (TPSA) is 64.4 Å². The smallest absolute Gasteiger partial charge is 0.221 e. The third kappa shape index (κ3) is 3.47. The fourth-order valence-corrected chi connectivity index (χ4v) is 1.98. The second-order valence-electron chi connectivity index (χ2n) is 4.74. The van der Waals surface area contributed by atoms with Gasteiger partial charge < -0.3 is 15.8 Å². The highest BCUT2D eigenvalue weighted by Gasteiger charge is 2.29. The molecular weight excluding hydrogens is 192 g/mol. The molecule has 4 heteroatoms. The van der Waals surface area contributed by atoms with Gasteiger partial charge >= 0.3 is 0 Å². The van der Waals surface area contributed by atoms with Crippen LogP contribution in [0.5, 0.6) is 0 Å². The summed E-state index contributed by atoms with van der Waals surface area (Å²) >= 11 is 0. The van der Waals surface area contributed by atoms with Crippen molar-refractivity contribution in [2.45, 2.75) is 31.7 Å². The van der Waals surface area contributed by atoms with Crippen molar-refractivity contribution in [3.05, 3.63) is 0 Å². The van der Waals surface area contributed by atoms with Gasteiger partial charge in [0, 0.05) is 31.5 Å². The van der Waals surface area contributed by atoms with E-state index in [4.69, 9.17) is 10.5 Å². The van der Waals surface area contributed by atoms with Crippen LogP contribution >= 0.6 is 0 Å². The number of nitrogens with two attached hydrogens (primary N) is 1. The Hall–Kier alpha value is -0.610. The van der Waals surface area contributed by atoms with Crippen LogP contribution in [-0.2, 0) is 9.53 Å². The average Bonchev–Trinajstić information content (AvgIpc) is 2.93. The molecule has 0 bridgehead atoms. The largest absolute Gasteiger partial charge is 0.381 e. The van der Waals surface area contributed by atoms with Gasteiger partial charge in [-0.2, -0.15) is 0 Å². The Bertz CT molecular complexity index is 223. The summed E-state index contributed by atoms with van der Waals surface area (Å²) < 4.78 is 5.24. The molecule has 1 amide bonds. The summed E-state index contributed by atoms with van der Waals surface area (Å²) in [5.41, 5.74) is 5.88. The molecule has 4 nitrogen and oxygen atoms in total. The normalized spacial score (nSPS) is 27.7. The zero-order valence-corrected chi connectivity index (χ0v) is 9.08. The van der Waals surface area contributed by atoms with E-state index in [1.807, 2.05) is 0 Å². The molecule has 1 heterocycles.